The molecule has 0 fully saturated rings. The van der Waals surface area contributed by atoms with E-state index >= 15 is 0 Å². The fourth-order valence-electron chi connectivity index (χ4n) is 3.30. The number of para-hydroxylation sites is 1. The van der Waals surface area contributed by atoms with Gasteiger partial charge in [0.2, 0.25) is 5.95 Å². The van der Waals surface area contributed by atoms with Gasteiger partial charge in [-0.25, -0.2) is 4.98 Å². The van der Waals surface area contributed by atoms with Crippen molar-refractivity contribution >= 4 is 48.0 Å². The van der Waals surface area contributed by atoms with Gasteiger partial charge in [-0.2, -0.15) is 4.98 Å². The molecule has 0 bridgehead atoms. The Bertz CT molecular complexity index is 992. The van der Waals surface area contributed by atoms with Crippen LogP contribution in [-0.4, -0.2) is 29.8 Å². The minimum atomic E-state index is -0.244. The standard InChI is InChI=1S/C21H23ClN5P/c1-28(2)19-6-4-3-5-18(19)26-20-17(22)13-24-21(27-20)25-16-8-7-15-12-23-10-9-14(15)11-16/h3-8,11,13,23H,9-10,12H2,1-2H3,(H2,24,25,26,27). The van der Waals surface area contributed by atoms with Crippen LogP contribution in [0.4, 0.5) is 23.1 Å². The van der Waals surface area contributed by atoms with E-state index in [-0.39, 0.29) is 7.92 Å². The maximum absolute atomic E-state index is 6.36. The molecule has 1 aliphatic rings. The highest BCUT2D eigenvalue weighted by molar-refractivity contribution is 7.64. The van der Waals surface area contributed by atoms with E-state index in [1.165, 1.54) is 16.4 Å². The SMILES string of the molecule is CP(C)c1ccccc1Nc1nc(Nc2ccc3c(c2)CCNC3)ncc1Cl. The van der Waals surface area contributed by atoms with E-state index in [0.29, 0.717) is 16.8 Å². The van der Waals surface area contributed by atoms with Crippen LogP contribution in [0, 0.1) is 0 Å². The fraction of sp³-hybridized carbons (Fsp3) is 0.238. The Balaban J connectivity index is 1.58. The minimum absolute atomic E-state index is 0.244. The van der Waals surface area contributed by atoms with Crippen LogP contribution in [0.2, 0.25) is 5.02 Å². The van der Waals surface area contributed by atoms with E-state index in [9.17, 15) is 0 Å². The Morgan fingerprint density at radius 2 is 1.93 bits per heavy atom. The average Bonchev–Trinajstić information content (AvgIpc) is 2.71. The van der Waals surface area contributed by atoms with Crippen LogP contribution in [0.5, 0.6) is 0 Å². The number of nitrogens with zero attached hydrogens (tertiary/aromatic N) is 2. The van der Waals surface area contributed by atoms with E-state index in [2.05, 4.69) is 75.6 Å². The van der Waals surface area contributed by atoms with Crippen molar-refractivity contribution in [3.8, 4) is 0 Å². The van der Waals surface area contributed by atoms with Gasteiger partial charge >= 0.3 is 0 Å². The summed E-state index contributed by atoms with van der Waals surface area (Å²) in [6.45, 7) is 6.41. The van der Waals surface area contributed by atoms with Crippen LogP contribution < -0.4 is 21.3 Å². The Labute approximate surface area is 171 Å². The van der Waals surface area contributed by atoms with Crippen molar-refractivity contribution in [3.63, 3.8) is 0 Å². The summed E-state index contributed by atoms with van der Waals surface area (Å²) in [5.41, 5.74) is 4.74. The highest BCUT2D eigenvalue weighted by Gasteiger charge is 2.12. The second-order valence-electron chi connectivity index (χ2n) is 6.96. The number of benzene rings is 2. The maximum atomic E-state index is 6.36. The van der Waals surface area contributed by atoms with Gasteiger partial charge in [-0.15, -0.1) is 0 Å². The molecular weight excluding hydrogens is 389 g/mol. The lowest BCUT2D eigenvalue weighted by molar-refractivity contribution is 0.644. The number of fused-ring (bicyclic) bond motifs is 1. The lowest BCUT2D eigenvalue weighted by Crippen LogP contribution is -2.23. The molecule has 0 saturated heterocycles. The zero-order valence-electron chi connectivity index (χ0n) is 16.0. The van der Waals surface area contributed by atoms with Gasteiger partial charge in [0.1, 0.15) is 5.02 Å². The van der Waals surface area contributed by atoms with Crippen molar-refractivity contribution in [2.24, 2.45) is 0 Å². The van der Waals surface area contributed by atoms with Gasteiger partial charge < -0.3 is 16.0 Å². The first-order chi connectivity index (χ1) is 13.6. The predicted molar refractivity (Wildman–Crippen MR) is 120 cm³/mol. The van der Waals surface area contributed by atoms with Gasteiger partial charge in [0.15, 0.2) is 5.82 Å². The van der Waals surface area contributed by atoms with Crippen LogP contribution in [0.25, 0.3) is 0 Å². The molecule has 0 amide bonds. The molecule has 2 heterocycles. The highest BCUT2D eigenvalue weighted by atomic mass is 35.5. The van der Waals surface area contributed by atoms with Crippen molar-refractivity contribution < 1.29 is 0 Å². The van der Waals surface area contributed by atoms with Crippen molar-refractivity contribution in [1.82, 2.24) is 15.3 Å². The minimum Gasteiger partial charge on any atom is -0.338 e. The summed E-state index contributed by atoms with van der Waals surface area (Å²) in [6.07, 6.45) is 2.66. The third-order valence-corrected chi connectivity index (χ3v) is 6.36. The molecule has 0 radical (unpaired) electrons. The number of halogens is 1. The zero-order valence-corrected chi connectivity index (χ0v) is 17.6. The molecule has 28 heavy (non-hydrogen) atoms. The summed E-state index contributed by atoms with van der Waals surface area (Å²) in [4.78, 5) is 8.95. The van der Waals surface area contributed by atoms with Crippen LogP contribution in [0.15, 0.2) is 48.7 Å². The smallest absolute Gasteiger partial charge is 0.229 e. The monoisotopic (exact) mass is 411 g/mol. The van der Waals surface area contributed by atoms with Gasteiger partial charge in [-0.05, 0) is 60.9 Å². The Hall–Kier alpha value is -2.20. The zero-order chi connectivity index (χ0) is 19.5. The summed E-state index contributed by atoms with van der Waals surface area (Å²) in [5, 5.41) is 11.9. The van der Waals surface area contributed by atoms with Crippen molar-refractivity contribution in [1.29, 1.82) is 0 Å². The van der Waals surface area contributed by atoms with Gasteiger partial charge in [-0.1, -0.05) is 43.8 Å². The predicted octanol–water partition coefficient (Wildman–Crippen LogP) is 4.63. The lowest BCUT2D eigenvalue weighted by Gasteiger charge is -2.18. The largest absolute Gasteiger partial charge is 0.338 e. The quantitative estimate of drug-likeness (QED) is 0.534. The first-order valence-corrected chi connectivity index (χ1v) is 11.9. The molecule has 7 heteroatoms. The number of hydrogen-bond donors (Lipinski definition) is 3. The third kappa shape index (κ3) is 4.27. The highest BCUT2D eigenvalue weighted by Crippen LogP contribution is 2.31. The Morgan fingerprint density at radius 1 is 1.07 bits per heavy atom. The first kappa shape index (κ1) is 19.1. The van der Waals surface area contributed by atoms with E-state index in [1.807, 2.05) is 6.07 Å². The number of rotatable bonds is 5. The number of hydrogen-bond acceptors (Lipinski definition) is 5. The summed E-state index contributed by atoms with van der Waals surface area (Å²) in [6, 6.07) is 14.7. The third-order valence-electron chi connectivity index (χ3n) is 4.73. The molecule has 2 aromatic carbocycles. The number of aromatic nitrogens is 2. The molecule has 0 spiro atoms. The van der Waals surface area contributed by atoms with Crippen LogP contribution in [0.3, 0.4) is 0 Å². The van der Waals surface area contributed by atoms with Gasteiger partial charge in [0, 0.05) is 17.9 Å². The molecular formula is C21H23ClN5P. The summed E-state index contributed by atoms with van der Waals surface area (Å²) >= 11 is 6.36. The van der Waals surface area contributed by atoms with Gasteiger partial charge in [0.25, 0.3) is 0 Å². The molecule has 0 aliphatic carbocycles. The van der Waals surface area contributed by atoms with Crippen LogP contribution in [0.1, 0.15) is 11.1 Å². The van der Waals surface area contributed by atoms with E-state index in [0.717, 1.165) is 30.9 Å². The molecule has 3 aromatic rings. The molecule has 5 nitrogen and oxygen atoms in total. The molecule has 1 aliphatic heterocycles. The van der Waals surface area contributed by atoms with Crippen molar-refractivity contribution in [2.45, 2.75) is 13.0 Å². The number of anilines is 4. The molecule has 0 atom stereocenters. The molecule has 0 unspecified atom stereocenters. The maximum Gasteiger partial charge on any atom is 0.229 e. The fourth-order valence-corrected chi connectivity index (χ4v) is 4.43. The number of nitrogens with one attached hydrogen (secondary N) is 3. The van der Waals surface area contributed by atoms with Gasteiger partial charge in [0.05, 0.1) is 6.20 Å². The first-order valence-electron chi connectivity index (χ1n) is 9.25. The Kier molecular flexibility index (Phi) is 5.77. The van der Waals surface area contributed by atoms with E-state index < -0.39 is 0 Å². The Morgan fingerprint density at radius 3 is 2.79 bits per heavy atom. The topological polar surface area (TPSA) is 61.9 Å². The van der Waals surface area contributed by atoms with Crippen molar-refractivity contribution in [3.05, 3.63) is 64.8 Å². The summed E-state index contributed by atoms with van der Waals surface area (Å²) < 4.78 is 0. The van der Waals surface area contributed by atoms with Crippen LogP contribution in [-0.2, 0) is 13.0 Å². The second kappa shape index (κ2) is 8.44. The van der Waals surface area contributed by atoms with E-state index in [4.69, 9.17) is 11.6 Å². The second-order valence-corrected chi connectivity index (χ2v) is 9.64. The summed E-state index contributed by atoms with van der Waals surface area (Å²) in [5.74, 6) is 1.12. The molecule has 4 rings (SSSR count). The van der Waals surface area contributed by atoms with Gasteiger partial charge in [-0.3, -0.25) is 0 Å². The molecule has 3 N–H and O–H groups in total. The summed E-state index contributed by atoms with van der Waals surface area (Å²) in [7, 11) is -0.244. The van der Waals surface area contributed by atoms with Crippen molar-refractivity contribution in [2.75, 3.05) is 30.5 Å². The van der Waals surface area contributed by atoms with Crippen LogP contribution >= 0.6 is 19.5 Å². The molecule has 1 aromatic heterocycles. The average molecular weight is 412 g/mol. The van der Waals surface area contributed by atoms with E-state index in [1.54, 1.807) is 6.20 Å². The lowest BCUT2D eigenvalue weighted by atomic mass is 10.0. The molecule has 144 valence electrons. The normalized spacial score (nSPS) is 13.3. The molecule has 0 saturated carbocycles.